The number of pyridine rings is 2. The van der Waals surface area contributed by atoms with Crippen LogP contribution in [0.15, 0.2) is 42.7 Å². The summed E-state index contributed by atoms with van der Waals surface area (Å²) in [5, 5.41) is 11.3. The Bertz CT molecular complexity index is 575. The number of nitrogens with one attached hydrogen (secondary N) is 1. The Balaban J connectivity index is 2.18. The minimum absolute atomic E-state index is 0.190. The van der Waals surface area contributed by atoms with Gasteiger partial charge in [-0.25, -0.2) is 4.98 Å². The van der Waals surface area contributed by atoms with E-state index in [2.05, 4.69) is 15.3 Å². The highest BCUT2D eigenvalue weighted by atomic mass is 16.1. The predicted octanol–water partition coefficient (Wildman–Crippen LogP) is 1.60. The van der Waals surface area contributed by atoms with Crippen molar-refractivity contribution in [3.05, 3.63) is 54.0 Å². The molecule has 0 atom stereocenters. The third-order valence-corrected chi connectivity index (χ3v) is 2.03. The van der Waals surface area contributed by atoms with Crippen molar-refractivity contribution in [1.29, 1.82) is 5.26 Å². The van der Waals surface area contributed by atoms with E-state index in [9.17, 15) is 4.79 Å². The zero-order valence-electron chi connectivity index (χ0n) is 8.79. The molecule has 0 saturated heterocycles. The summed E-state index contributed by atoms with van der Waals surface area (Å²) in [4.78, 5) is 19.6. The lowest BCUT2D eigenvalue weighted by atomic mass is 10.2. The Morgan fingerprint density at radius 1 is 1.24 bits per heavy atom. The largest absolute Gasteiger partial charge is 0.305 e. The van der Waals surface area contributed by atoms with Gasteiger partial charge < -0.3 is 5.32 Å². The Morgan fingerprint density at radius 2 is 2.12 bits per heavy atom. The maximum atomic E-state index is 11.8. The van der Waals surface area contributed by atoms with E-state index >= 15 is 0 Å². The van der Waals surface area contributed by atoms with Crippen LogP contribution in [-0.2, 0) is 0 Å². The number of carbonyl (C=O) groups excluding carboxylic acids is 1. The molecule has 0 unspecified atom stereocenters. The quantitative estimate of drug-likeness (QED) is 0.840. The van der Waals surface area contributed by atoms with Crippen LogP contribution in [0, 0.1) is 11.3 Å². The molecule has 0 spiro atoms. The number of rotatable bonds is 2. The second-order valence-electron chi connectivity index (χ2n) is 3.21. The lowest BCUT2D eigenvalue weighted by Gasteiger charge is -2.02. The monoisotopic (exact) mass is 224 g/mol. The highest BCUT2D eigenvalue weighted by Crippen LogP contribution is 2.05. The molecule has 0 aromatic carbocycles. The molecule has 0 fully saturated rings. The number of hydrogen-bond donors (Lipinski definition) is 1. The molecule has 17 heavy (non-hydrogen) atoms. The van der Waals surface area contributed by atoms with Gasteiger partial charge in [0, 0.05) is 12.4 Å². The summed E-state index contributed by atoms with van der Waals surface area (Å²) >= 11 is 0. The number of carbonyl (C=O) groups is 1. The Morgan fingerprint density at radius 3 is 2.82 bits per heavy atom. The standard InChI is InChI=1S/C12H8N4O/c13-8-9-4-6-14-10(7-9)12(17)16-11-3-1-2-5-15-11/h1-7H,(H,15,16,17). The molecule has 2 rings (SSSR count). The van der Waals surface area contributed by atoms with E-state index < -0.39 is 0 Å². The second kappa shape index (κ2) is 4.86. The van der Waals surface area contributed by atoms with E-state index in [1.165, 1.54) is 18.3 Å². The highest BCUT2D eigenvalue weighted by molar-refractivity contribution is 6.02. The van der Waals surface area contributed by atoms with Gasteiger partial charge in [0.15, 0.2) is 0 Å². The summed E-state index contributed by atoms with van der Waals surface area (Å²) < 4.78 is 0. The minimum Gasteiger partial charge on any atom is -0.305 e. The van der Waals surface area contributed by atoms with Gasteiger partial charge in [-0.3, -0.25) is 9.78 Å². The molecular formula is C12H8N4O. The summed E-state index contributed by atoms with van der Waals surface area (Å²) in [5.41, 5.74) is 0.584. The molecule has 0 saturated carbocycles. The van der Waals surface area contributed by atoms with Crippen LogP contribution >= 0.6 is 0 Å². The van der Waals surface area contributed by atoms with Crippen LogP contribution in [0.3, 0.4) is 0 Å². The van der Waals surface area contributed by atoms with Crippen LogP contribution in [0.5, 0.6) is 0 Å². The smallest absolute Gasteiger partial charge is 0.275 e. The third-order valence-electron chi connectivity index (χ3n) is 2.03. The van der Waals surface area contributed by atoms with Gasteiger partial charge in [-0.05, 0) is 24.3 Å². The molecule has 1 N–H and O–H groups in total. The zero-order chi connectivity index (χ0) is 12.1. The second-order valence-corrected chi connectivity index (χ2v) is 3.21. The zero-order valence-corrected chi connectivity index (χ0v) is 8.79. The topological polar surface area (TPSA) is 78.7 Å². The van der Waals surface area contributed by atoms with Crippen LogP contribution < -0.4 is 5.32 Å². The van der Waals surface area contributed by atoms with Crippen molar-refractivity contribution in [2.45, 2.75) is 0 Å². The van der Waals surface area contributed by atoms with Crippen LogP contribution in [0.25, 0.3) is 0 Å². The lowest BCUT2D eigenvalue weighted by Crippen LogP contribution is -2.14. The van der Waals surface area contributed by atoms with Crippen LogP contribution in [0.1, 0.15) is 16.1 Å². The molecule has 2 aromatic rings. The average Bonchev–Trinajstić information content (AvgIpc) is 2.40. The first-order valence-corrected chi connectivity index (χ1v) is 4.88. The van der Waals surface area contributed by atoms with E-state index in [1.54, 1.807) is 24.4 Å². The van der Waals surface area contributed by atoms with Gasteiger partial charge in [-0.1, -0.05) is 6.07 Å². The number of amides is 1. The van der Waals surface area contributed by atoms with Crippen LogP contribution in [0.2, 0.25) is 0 Å². The summed E-state index contributed by atoms with van der Waals surface area (Å²) in [6, 6.07) is 10.1. The third kappa shape index (κ3) is 2.63. The fourth-order valence-electron chi connectivity index (χ4n) is 1.24. The van der Waals surface area contributed by atoms with Crippen molar-refractivity contribution in [2.75, 3.05) is 5.32 Å². The summed E-state index contributed by atoms with van der Waals surface area (Å²) in [7, 11) is 0. The minimum atomic E-state index is -0.388. The molecule has 0 aliphatic carbocycles. The van der Waals surface area contributed by atoms with E-state index in [0.717, 1.165) is 0 Å². The van der Waals surface area contributed by atoms with Gasteiger partial charge in [0.1, 0.15) is 11.5 Å². The predicted molar refractivity (Wildman–Crippen MR) is 61.1 cm³/mol. The number of hydrogen-bond acceptors (Lipinski definition) is 4. The first kappa shape index (κ1) is 10.8. The highest BCUT2D eigenvalue weighted by Gasteiger charge is 2.08. The molecule has 1 amide bonds. The molecule has 5 nitrogen and oxygen atoms in total. The van der Waals surface area contributed by atoms with E-state index in [4.69, 9.17) is 5.26 Å². The number of anilines is 1. The number of nitrogens with zero attached hydrogens (tertiary/aromatic N) is 3. The first-order valence-electron chi connectivity index (χ1n) is 4.88. The molecule has 0 aliphatic heterocycles. The molecular weight excluding hydrogens is 216 g/mol. The fourth-order valence-corrected chi connectivity index (χ4v) is 1.24. The van der Waals surface area contributed by atoms with Gasteiger partial charge in [0.2, 0.25) is 0 Å². The van der Waals surface area contributed by atoms with E-state index in [0.29, 0.717) is 11.4 Å². The molecule has 2 aromatic heterocycles. The van der Waals surface area contributed by atoms with Gasteiger partial charge in [0.25, 0.3) is 5.91 Å². The van der Waals surface area contributed by atoms with Crippen molar-refractivity contribution in [3.8, 4) is 6.07 Å². The average molecular weight is 224 g/mol. The molecule has 0 bridgehead atoms. The summed E-state index contributed by atoms with van der Waals surface area (Å²) in [5.74, 6) is 0.0578. The number of nitriles is 1. The molecule has 0 aliphatic rings. The van der Waals surface area contributed by atoms with Crippen molar-refractivity contribution >= 4 is 11.7 Å². The normalized spacial score (nSPS) is 9.35. The Hall–Kier alpha value is -2.74. The van der Waals surface area contributed by atoms with Crippen LogP contribution in [0.4, 0.5) is 5.82 Å². The Kier molecular flexibility index (Phi) is 3.08. The van der Waals surface area contributed by atoms with Gasteiger partial charge in [-0.2, -0.15) is 5.26 Å². The molecule has 82 valence electrons. The van der Waals surface area contributed by atoms with Crippen LogP contribution in [-0.4, -0.2) is 15.9 Å². The Labute approximate surface area is 97.8 Å². The van der Waals surface area contributed by atoms with E-state index in [-0.39, 0.29) is 11.6 Å². The first-order chi connectivity index (χ1) is 8.29. The summed E-state index contributed by atoms with van der Waals surface area (Å²) in [6.45, 7) is 0. The summed E-state index contributed by atoms with van der Waals surface area (Å²) in [6.07, 6.45) is 3.00. The molecule has 5 heteroatoms. The van der Waals surface area contributed by atoms with Crippen molar-refractivity contribution in [3.63, 3.8) is 0 Å². The van der Waals surface area contributed by atoms with Crippen molar-refractivity contribution < 1.29 is 4.79 Å². The maximum absolute atomic E-state index is 11.8. The molecule has 0 radical (unpaired) electrons. The maximum Gasteiger partial charge on any atom is 0.275 e. The van der Waals surface area contributed by atoms with Crippen molar-refractivity contribution in [1.82, 2.24) is 9.97 Å². The van der Waals surface area contributed by atoms with Gasteiger partial charge in [0.05, 0.1) is 11.6 Å². The van der Waals surface area contributed by atoms with Gasteiger partial charge in [-0.15, -0.1) is 0 Å². The number of aromatic nitrogens is 2. The van der Waals surface area contributed by atoms with Gasteiger partial charge >= 0.3 is 0 Å². The fraction of sp³-hybridized carbons (Fsp3) is 0. The van der Waals surface area contributed by atoms with E-state index in [1.807, 2.05) is 6.07 Å². The molecule has 2 heterocycles. The van der Waals surface area contributed by atoms with Crippen molar-refractivity contribution in [2.24, 2.45) is 0 Å². The lowest BCUT2D eigenvalue weighted by molar-refractivity contribution is 0.102. The SMILES string of the molecule is N#Cc1ccnc(C(=O)Nc2ccccn2)c1.